The zero-order chi connectivity index (χ0) is 14.4. The largest absolute Gasteiger partial charge is 0.480 e. The molecule has 1 aromatic carbocycles. The van der Waals surface area contributed by atoms with Gasteiger partial charge in [0.25, 0.3) is 11.6 Å². The quantitative estimate of drug-likeness (QED) is 0.479. The summed E-state index contributed by atoms with van der Waals surface area (Å²) in [4.78, 5) is 33.7. The number of hydrogen-bond donors (Lipinski definition) is 1. The van der Waals surface area contributed by atoms with Crippen LogP contribution in [0.5, 0.6) is 0 Å². The Kier molecular flexibility index (Phi) is 4.60. The molecule has 0 aromatic heterocycles. The fraction of sp³-hybridized carbons (Fsp3) is 0.167. The van der Waals surface area contributed by atoms with Crippen molar-refractivity contribution in [2.24, 2.45) is 0 Å². The molecule has 1 aromatic rings. The summed E-state index contributed by atoms with van der Waals surface area (Å²) in [7, 11) is 0. The highest BCUT2D eigenvalue weighted by atomic mass is 16.6. The van der Waals surface area contributed by atoms with Crippen LogP contribution in [-0.4, -0.2) is 39.9 Å². The first-order valence-corrected chi connectivity index (χ1v) is 5.15. The number of carbonyl (C=O) groups is 2. The van der Waals surface area contributed by atoms with Gasteiger partial charge in [0.1, 0.15) is 12.1 Å². The van der Waals surface area contributed by atoms with Crippen LogP contribution in [0.2, 0.25) is 0 Å². The SMILES string of the molecule is C#CCN(CC(=O)O)C(=O)c1ccccc1[N+](=O)[O-]. The summed E-state index contributed by atoms with van der Waals surface area (Å²) in [6.45, 7) is -0.855. The van der Waals surface area contributed by atoms with Crippen LogP contribution in [0.15, 0.2) is 24.3 Å². The minimum atomic E-state index is -1.25. The van der Waals surface area contributed by atoms with Crippen molar-refractivity contribution in [3.8, 4) is 12.3 Å². The number of hydrogen-bond acceptors (Lipinski definition) is 4. The summed E-state index contributed by atoms with van der Waals surface area (Å²) in [5.41, 5.74) is -0.580. The minimum absolute atomic E-state index is 0.191. The van der Waals surface area contributed by atoms with E-state index in [1.807, 2.05) is 0 Å². The Balaban J connectivity index is 3.13. The lowest BCUT2D eigenvalue weighted by molar-refractivity contribution is -0.385. The van der Waals surface area contributed by atoms with Crippen molar-refractivity contribution in [3.63, 3.8) is 0 Å². The van der Waals surface area contributed by atoms with Gasteiger partial charge in [-0.15, -0.1) is 6.42 Å². The van der Waals surface area contributed by atoms with E-state index in [0.717, 1.165) is 4.90 Å². The van der Waals surface area contributed by atoms with E-state index in [-0.39, 0.29) is 17.8 Å². The van der Waals surface area contributed by atoms with Gasteiger partial charge in [0, 0.05) is 6.07 Å². The highest BCUT2D eigenvalue weighted by Crippen LogP contribution is 2.19. The van der Waals surface area contributed by atoms with Gasteiger partial charge in [-0.1, -0.05) is 18.1 Å². The Labute approximate surface area is 108 Å². The minimum Gasteiger partial charge on any atom is -0.480 e. The third-order valence-corrected chi connectivity index (χ3v) is 2.23. The zero-order valence-electron chi connectivity index (χ0n) is 9.78. The van der Waals surface area contributed by atoms with Crippen molar-refractivity contribution >= 4 is 17.6 Å². The maximum atomic E-state index is 12.1. The molecule has 0 aliphatic heterocycles. The molecule has 98 valence electrons. The van der Waals surface area contributed by atoms with Crippen molar-refractivity contribution in [1.82, 2.24) is 4.90 Å². The number of aliphatic carboxylic acids is 1. The Hall–Kier alpha value is -2.88. The predicted molar refractivity (Wildman–Crippen MR) is 65.5 cm³/mol. The molecule has 7 nitrogen and oxygen atoms in total. The number of terminal acetylenes is 1. The summed E-state index contributed by atoms with van der Waals surface area (Å²) in [5, 5.41) is 19.5. The molecule has 0 aliphatic rings. The van der Waals surface area contributed by atoms with Gasteiger partial charge in [-0.3, -0.25) is 19.7 Å². The van der Waals surface area contributed by atoms with Gasteiger partial charge in [0.05, 0.1) is 11.5 Å². The van der Waals surface area contributed by atoms with E-state index in [4.69, 9.17) is 11.5 Å². The lowest BCUT2D eigenvalue weighted by Crippen LogP contribution is -2.36. The first-order chi connectivity index (χ1) is 8.97. The van der Waals surface area contributed by atoms with Crippen LogP contribution in [0.25, 0.3) is 0 Å². The summed E-state index contributed by atoms with van der Waals surface area (Å²) < 4.78 is 0. The monoisotopic (exact) mass is 262 g/mol. The van der Waals surface area contributed by atoms with E-state index in [1.165, 1.54) is 24.3 Å². The normalized spacial score (nSPS) is 9.42. The smallest absolute Gasteiger partial charge is 0.323 e. The predicted octanol–water partition coefficient (Wildman–Crippen LogP) is 0.755. The van der Waals surface area contributed by atoms with Gasteiger partial charge in [0.15, 0.2) is 0 Å². The van der Waals surface area contributed by atoms with Crippen LogP contribution >= 0.6 is 0 Å². The van der Waals surface area contributed by atoms with Crippen molar-refractivity contribution in [2.45, 2.75) is 0 Å². The molecule has 1 amide bonds. The molecule has 1 N–H and O–H groups in total. The molecule has 0 bridgehead atoms. The van der Waals surface area contributed by atoms with E-state index >= 15 is 0 Å². The third kappa shape index (κ3) is 3.54. The molecular weight excluding hydrogens is 252 g/mol. The number of amides is 1. The Morgan fingerprint density at radius 2 is 2.05 bits per heavy atom. The topological polar surface area (TPSA) is 101 Å². The number of carboxylic acid groups (broad SMARTS) is 1. The maximum absolute atomic E-state index is 12.1. The highest BCUT2D eigenvalue weighted by Gasteiger charge is 2.24. The van der Waals surface area contributed by atoms with Crippen LogP contribution in [0, 0.1) is 22.5 Å². The molecule has 0 fully saturated rings. The summed E-state index contributed by atoms with van der Waals surface area (Å²) >= 11 is 0. The molecule has 1 rings (SSSR count). The molecule has 0 spiro atoms. The van der Waals surface area contributed by atoms with Gasteiger partial charge < -0.3 is 10.0 Å². The first kappa shape index (κ1) is 14.2. The molecule has 0 aliphatic carbocycles. The van der Waals surface area contributed by atoms with E-state index in [2.05, 4.69) is 5.92 Å². The van der Waals surface area contributed by atoms with Crippen LogP contribution in [0.4, 0.5) is 5.69 Å². The van der Waals surface area contributed by atoms with Gasteiger partial charge in [0.2, 0.25) is 0 Å². The molecule has 0 heterocycles. The number of rotatable bonds is 5. The van der Waals surface area contributed by atoms with E-state index in [1.54, 1.807) is 0 Å². The summed E-state index contributed by atoms with van der Waals surface area (Å²) in [5.74, 6) is 0.112. The second kappa shape index (κ2) is 6.16. The fourth-order valence-electron chi connectivity index (χ4n) is 1.46. The number of nitrogens with zero attached hydrogens (tertiary/aromatic N) is 2. The standard InChI is InChI=1S/C12H10N2O5/c1-2-7-13(8-11(15)16)12(17)9-5-3-4-6-10(9)14(18)19/h1,3-6H,7-8H2,(H,15,16). The Morgan fingerprint density at radius 1 is 1.42 bits per heavy atom. The first-order valence-electron chi connectivity index (χ1n) is 5.15. The van der Waals surface area contributed by atoms with Crippen LogP contribution in [0.3, 0.4) is 0 Å². The van der Waals surface area contributed by atoms with E-state index < -0.39 is 23.3 Å². The second-order valence-corrected chi connectivity index (χ2v) is 3.53. The Bertz CT molecular complexity index is 561. The van der Waals surface area contributed by atoms with Crippen molar-refractivity contribution in [3.05, 3.63) is 39.9 Å². The number of carboxylic acids is 1. The molecule has 0 saturated heterocycles. The number of nitro benzene ring substituents is 1. The fourth-order valence-corrected chi connectivity index (χ4v) is 1.46. The molecule has 7 heteroatoms. The summed E-state index contributed by atoms with van der Waals surface area (Å²) in [6.07, 6.45) is 5.05. The van der Waals surface area contributed by atoms with Crippen LogP contribution in [-0.2, 0) is 4.79 Å². The van der Waals surface area contributed by atoms with Crippen LogP contribution in [0.1, 0.15) is 10.4 Å². The van der Waals surface area contributed by atoms with Gasteiger partial charge >= 0.3 is 5.97 Å². The summed E-state index contributed by atoms with van der Waals surface area (Å²) in [6, 6.07) is 5.29. The number of benzene rings is 1. The second-order valence-electron chi connectivity index (χ2n) is 3.53. The van der Waals surface area contributed by atoms with E-state index in [9.17, 15) is 19.7 Å². The average molecular weight is 262 g/mol. The average Bonchev–Trinajstić information content (AvgIpc) is 2.37. The number of para-hydroxylation sites is 1. The molecule has 0 atom stereocenters. The maximum Gasteiger partial charge on any atom is 0.323 e. The number of nitro groups is 1. The number of carbonyl (C=O) groups excluding carboxylic acids is 1. The molecule has 0 radical (unpaired) electrons. The van der Waals surface area contributed by atoms with Gasteiger partial charge in [-0.05, 0) is 6.07 Å². The highest BCUT2D eigenvalue weighted by molar-refractivity contribution is 5.99. The lowest BCUT2D eigenvalue weighted by atomic mass is 10.1. The van der Waals surface area contributed by atoms with Crippen molar-refractivity contribution in [1.29, 1.82) is 0 Å². The van der Waals surface area contributed by atoms with Gasteiger partial charge in [-0.2, -0.15) is 0 Å². The molecule has 19 heavy (non-hydrogen) atoms. The Morgan fingerprint density at radius 3 is 2.58 bits per heavy atom. The zero-order valence-corrected chi connectivity index (χ0v) is 9.78. The molecule has 0 saturated carbocycles. The van der Waals surface area contributed by atoms with Crippen LogP contribution < -0.4 is 0 Å². The third-order valence-electron chi connectivity index (χ3n) is 2.23. The lowest BCUT2D eigenvalue weighted by Gasteiger charge is -2.17. The van der Waals surface area contributed by atoms with Gasteiger partial charge in [-0.25, -0.2) is 0 Å². The molecule has 0 unspecified atom stereocenters. The van der Waals surface area contributed by atoms with Crippen molar-refractivity contribution < 1.29 is 19.6 Å². The molecular formula is C12H10N2O5. The van der Waals surface area contributed by atoms with E-state index in [0.29, 0.717) is 0 Å². The van der Waals surface area contributed by atoms with Crippen molar-refractivity contribution in [2.75, 3.05) is 13.1 Å².